The Hall–Kier alpha value is -1.01. The number of thioether (sulfide) groups is 1. The van der Waals surface area contributed by atoms with Crippen molar-refractivity contribution >= 4 is 52.2 Å². The Morgan fingerprint density at radius 2 is 1.91 bits per heavy atom. The first-order chi connectivity index (χ1) is 11.0. The number of likely N-dealkylation sites (tertiary alicyclic amines) is 1. The number of imide groups is 1. The van der Waals surface area contributed by atoms with Crippen LogP contribution in [-0.4, -0.2) is 35.8 Å². The number of carbonyl (C=O) groups excluding carboxylic acids is 2. The van der Waals surface area contributed by atoms with Gasteiger partial charge in [0.05, 0.1) is 18.0 Å². The van der Waals surface area contributed by atoms with Crippen LogP contribution in [0.1, 0.15) is 24.8 Å². The maximum atomic E-state index is 12.5. The molecule has 2 fully saturated rings. The zero-order chi connectivity index (χ0) is 16.4. The van der Waals surface area contributed by atoms with Gasteiger partial charge in [-0.05, 0) is 54.8 Å². The van der Waals surface area contributed by atoms with Gasteiger partial charge in [0.2, 0.25) is 0 Å². The maximum absolute atomic E-state index is 12.5. The molecule has 2 heterocycles. The highest BCUT2D eigenvalue weighted by atomic mass is 35.5. The van der Waals surface area contributed by atoms with Crippen molar-refractivity contribution in [3.05, 3.63) is 38.7 Å². The Morgan fingerprint density at radius 3 is 2.61 bits per heavy atom. The Balaban J connectivity index is 1.76. The van der Waals surface area contributed by atoms with Crippen molar-refractivity contribution in [2.24, 2.45) is 0 Å². The standard InChI is InChI=1S/C16H16Cl2N2O2S/c17-12-5-4-11(13(18)9-12)8-14-15(21)20(16(22)23-14)10-19-6-2-1-3-7-19/h4-5,8-9H,1-3,6-7,10H2/p+1/b14-8+. The van der Waals surface area contributed by atoms with Gasteiger partial charge in [0.15, 0.2) is 6.67 Å². The Labute approximate surface area is 149 Å². The fourth-order valence-corrected chi connectivity index (χ4v) is 4.12. The molecule has 0 aliphatic carbocycles. The van der Waals surface area contributed by atoms with Crippen LogP contribution in [-0.2, 0) is 4.79 Å². The molecule has 122 valence electrons. The number of benzene rings is 1. The molecule has 0 bridgehead atoms. The summed E-state index contributed by atoms with van der Waals surface area (Å²) in [6.07, 6.45) is 5.21. The molecule has 7 heteroatoms. The predicted octanol–water partition coefficient (Wildman–Crippen LogP) is 3.06. The van der Waals surface area contributed by atoms with E-state index >= 15 is 0 Å². The van der Waals surface area contributed by atoms with Crippen molar-refractivity contribution in [2.45, 2.75) is 19.3 Å². The zero-order valence-electron chi connectivity index (χ0n) is 12.5. The third-order valence-electron chi connectivity index (χ3n) is 4.07. The van der Waals surface area contributed by atoms with E-state index in [1.165, 1.54) is 16.2 Å². The molecule has 0 saturated carbocycles. The van der Waals surface area contributed by atoms with Crippen LogP contribution in [0, 0.1) is 0 Å². The molecule has 0 radical (unpaired) electrons. The average molecular weight is 372 g/mol. The summed E-state index contributed by atoms with van der Waals surface area (Å²) >= 11 is 13.0. The number of nitrogens with one attached hydrogen (secondary N) is 1. The van der Waals surface area contributed by atoms with E-state index < -0.39 is 0 Å². The van der Waals surface area contributed by atoms with Gasteiger partial charge in [-0.2, -0.15) is 0 Å². The highest BCUT2D eigenvalue weighted by Gasteiger charge is 2.37. The molecule has 0 atom stereocenters. The summed E-state index contributed by atoms with van der Waals surface area (Å²) < 4.78 is 0. The van der Waals surface area contributed by atoms with Crippen molar-refractivity contribution in [1.29, 1.82) is 0 Å². The first kappa shape index (κ1) is 16.8. The second kappa shape index (κ2) is 7.26. The number of hydrogen-bond donors (Lipinski definition) is 1. The van der Waals surface area contributed by atoms with Crippen LogP contribution >= 0.6 is 35.0 Å². The molecule has 1 aromatic carbocycles. The lowest BCUT2D eigenvalue weighted by Gasteiger charge is -2.26. The fourth-order valence-electron chi connectivity index (χ4n) is 2.83. The molecule has 0 aromatic heterocycles. The number of amides is 2. The largest absolute Gasteiger partial charge is 0.317 e. The van der Waals surface area contributed by atoms with E-state index in [4.69, 9.17) is 23.2 Å². The van der Waals surface area contributed by atoms with Crippen molar-refractivity contribution in [1.82, 2.24) is 4.90 Å². The summed E-state index contributed by atoms with van der Waals surface area (Å²) in [7, 11) is 0. The van der Waals surface area contributed by atoms with Gasteiger partial charge >= 0.3 is 0 Å². The third kappa shape index (κ3) is 3.91. The van der Waals surface area contributed by atoms with Crippen LogP contribution in [0.25, 0.3) is 6.08 Å². The van der Waals surface area contributed by atoms with Gasteiger partial charge in [-0.1, -0.05) is 29.3 Å². The Bertz CT molecular complexity index is 672. The van der Waals surface area contributed by atoms with Gasteiger partial charge in [-0.15, -0.1) is 0 Å². The lowest BCUT2D eigenvalue weighted by atomic mass is 10.1. The lowest BCUT2D eigenvalue weighted by molar-refractivity contribution is -0.912. The molecule has 2 aliphatic rings. The summed E-state index contributed by atoms with van der Waals surface area (Å²) in [6, 6.07) is 5.08. The fraction of sp³-hybridized carbons (Fsp3) is 0.375. The van der Waals surface area contributed by atoms with Crippen LogP contribution in [0.15, 0.2) is 23.1 Å². The smallest absolute Gasteiger partial charge is 0.298 e. The third-order valence-corrected chi connectivity index (χ3v) is 5.53. The quantitative estimate of drug-likeness (QED) is 0.830. The summed E-state index contributed by atoms with van der Waals surface area (Å²) in [6.45, 7) is 2.49. The van der Waals surface area contributed by atoms with E-state index in [0.29, 0.717) is 27.2 Å². The van der Waals surface area contributed by atoms with E-state index in [1.54, 1.807) is 24.3 Å². The van der Waals surface area contributed by atoms with Crippen LogP contribution in [0.2, 0.25) is 10.0 Å². The molecule has 2 amide bonds. The molecule has 1 aromatic rings. The van der Waals surface area contributed by atoms with Gasteiger partial charge in [0, 0.05) is 10.0 Å². The summed E-state index contributed by atoms with van der Waals surface area (Å²) in [5, 5.41) is 0.796. The molecule has 0 unspecified atom stereocenters. The Morgan fingerprint density at radius 1 is 1.17 bits per heavy atom. The topological polar surface area (TPSA) is 41.8 Å². The molecule has 2 aliphatic heterocycles. The number of nitrogens with zero attached hydrogens (tertiary/aromatic N) is 1. The van der Waals surface area contributed by atoms with Gasteiger partial charge in [-0.3, -0.25) is 9.59 Å². The molecular weight excluding hydrogens is 355 g/mol. The van der Waals surface area contributed by atoms with Gasteiger partial charge in [0.25, 0.3) is 11.1 Å². The number of halogens is 2. The van der Waals surface area contributed by atoms with E-state index in [2.05, 4.69) is 0 Å². The monoisotopic (exact) mass is 371 g/mol. The van der Waals surface area contributed by atoms with Crippen molar-refractivity contribution in [2.75, 3.05) is 19.8 Å². The van der Waals surface area contributed by atoms with Gasteiger partial charge in [-0.25, -0.2) is 4.90 Å². The van der Waals surface area contributed by atoms with Crippen molar-refractivity contribution in [3.63, 3.8) is 0 Å². The zero-order valence-corrected chi connectivity index (χ0v) is 14.8. The van der Waals surface area contributed by atoms with Gasteiger partial charge in [0.1, 0.15) is 0 Å². The molecule has 3 rings (SSSR count). The van der Waals surface area contributed by atoms with Crippen LogP contribution in [0.5, 0.6) is 0 Å². The highest BCUT2D eigenvalue weighted by molar-refractivity contribution is 8.18. The number of quaternary nitrogens is 1. The minimum absolute atomic E-state index is 0.204. The van der Waals surface area contributed by atoms with E-state index in [9.17, 15) is 9.59 Å². The summed E-state index contributed by atoms with van der Waals surface area (Å²) in [4.78, 5) is 27.7. The highest BCUT2D eigenvalue weighted by Crippen LogP contribution is 2.33. The molecule has 4 nitrogen and oxygen atoms in total. The second-order valence-corrected chi connectivity index (χ2v) is 7.58. The molecule has 0 spiro atoms. The molecule has 23 heavy (non-hydrogen) atoms. The van der Waals surface area contributed by atoms with Crippen LogP contribution in [0.4, 0.5) is 4.79 Å². The number of rotatable bonds is 3. The maximum Gasteiger partial charge on any atom is 0.298 e. The van der Waals surface area contributed by atoms with Gasteiger partial charge < -0.3 is 4.90 Å². The second-order valence-electron chi connectivity index (χ2n) is 5.74. The minimum atomic E-state index is -0.232. The average Bonchev–Trinajstić information content (AvgIpc) is 2.79. The van der Waals surface area contributed by atoms with E-state index in [-0.39, 0.29) is 11.1 Å². The molecule has 2 saturated heterocycles. The van der Waals surface area contributed by atoms with Crippen LogP contribution in [0.3, 0.4) is 0 Å². The number of hydrogen-bond acceptors (Lipinski definition) is 3. The number of carbonyl (C=O) groups is 2. The molecule has 1 N–H and O–H groups in total. The molecular formula is C16H17Cl2N2O2S+. The summed E-state index contributed by atoms with van der Waals surface area (Å²) in [5.41, 5.74) is 0.687. The van der Waals surface area contributed by atoms with Crippen LogP contribution < -0.4 is 4.90 Å². The summed E-state index contributed by atoms with van der Waals surface area (Å²) in [5.74, 6) is -0.232. The van der Waals surface area contributed by atoms with E-state index in [1.807, 2.05) is 0 Å². The van der Waals surface area contributed by atoms with Crippen molar-refractivity contribution in [3.8, 4) is 0 Å². The number of piperidine rings is 1. The minimum Gasteiger partial charge on any atom is -0.317 e. The Kier molecular flexibility index (Phi) is 5.31. The normalized spacial score (nSPS) is 21.5. The van der Waals surface area contributed by atoms with Crippen molar-refractivity contribution < 1.29 is 14.5 Å². The predicted molar refractivity (Wildman–Crippen MR) is 93.7 cm³/mol. The van der Waals surface area contributed by atoms with E-state index in [0.717, 1.165) is 37.7 Å². The SMILES string of the molecule is O=C1S/C(=C/c2ccc(Cl)cc2Cl)C(=O)N1C[NH+]1CCCCC1. The first-order valence-electron chi connectivity index (χ1n) is 7.58. The lowest BCUT2D eigenvalue weighted by Crippen LogP contribution is -3.14. The first-order valence-corrected chi connectivity index (χ1v) is 9.16.